The number of hydrogen-bond acceptors (Lipinski definition) is 4. The SMILES string of the molecule is CCc1ccc(C2CNCC(c3nc(-c4ccccc4)no3)C2)cc1. The Labute approximate surface area is 148 Å². The summed E-state index contributed by atoms with van der Waals surface area (Å²) in [6.07, 6.45) is 2.12. The van der Waals surface area contributed by atoms with Gasteiger partial charge in [0.15, 0.2) is 0 Å². The highest BCUT2D eigenvalue weighted by Crippen LogP contribution is 2.32. The van der Waals surface area contributed by atoms with Crippen LogP contribution in [-0.4, -0.2) is 23.2 Å². The van der Waals surface area contributed by atoms with Crippen molar-refractivity contribution in [3.63, 3.8) is 0 Å². The van der Waals surface area contributed by atoms with Crippen LogP contribution in [0.1, 0.15) is 42.2 Å². The lowest BCUT2D eigenvalue weighted by Gasteiger charge is -2.28. The molecular weight excluding hydrogens is 310 g/mol. The van der Waals surface area contributed by atoms with E-state index in [0.29, 0.717) is 11.7 Å². The van der Waals surface area contributed by atoms with E-state index in [0.717, 1.165) is 37.4 Å². The minimum absolute atomic E-state index is 0.259. The van der Waals surface area contributed by atoms with Gasteiger partial charge < -0.3 is 9.84 Å². The quantitative estimate of drug-likeness (QED) is 0.779. The van der Waals surface area contributed by atoms with Crippen molar-refractivity contribution in [2.45, 2.75) is 31.6 Å². The molecule has 1 aromatic heterocycles. The fourth-order valence-corrected chi connectivity index (χ4v) is 3.51. The van der Waals surface area contributed by atoms with Gasteiger partial charge in [0, 0.05) is 18.7 Å². The Morgan fingerprint density at radius 2 is 1.76 bits per heavy atom. The monoisotopic (exact) mass is 333 g/mol. The van der Waals surface area contributed by atoms with Crippen molar-refractivity contribution in [2.24, 2.45) is 0 Å². The number of hydrogen-bond donors (Lipinski definition) is 1. The van der Waals surface area contributed by atoms with E-state index in [1.807, 2.05) is 30.3 Å². The molecule has 0 saturated carbocycles. The Bertz CT molecular complexity index is 811. The van der Waals surface area contributed by atoms with Gasteiger partial charge in [-0.3, -0.25) is 0 Å². The number of piperidine rings is 1. The average Bonchev–Trinajstić information content (AvgIpc) is 3.19. The van der Waals surface area contributed by atoms with E-state index in [1.165, 1.54) is 11.1 Å². The molecule has 1 aliphatic heterocycles. The predicted octanol–water partition coefficient (Wildman–Crippen LogP) is 4.16. The van der Waals surface area contributed by atoms with Crippen molar-refractivity contribution in [1.82, 2.24) is 15.5 Å². The van der Waals surface area contributed by atoms with E-state index in [2.05, 4.69) is 46.6 Å². The van der Waals surface area contributed by atoms with Crippen LogP contribution in [0, 0.1) is 0 Å². The van der Waals surface area contributed by atoms with Crippen molar-refractivity contribution in [1.29, 1.82) is 0 Å². The zero-order valence-corrected chi connectivity index (χ0v) is 14.5. The van der Waals surface area contributed by atoms with Crippen molar-refractivity contribution >= 4 is 0 Å². The molecule has 25 heavy (non-hydrogen) atoms. The topological polar surface area (TPSA) is 51.0 Å². The molecule has 1 fully saturated rings. The summed E-state index contributed by atoms with van der Waals surface area (Å²) in [5.41, 5.74) is 3.76. The van der Waals surface area contributed by atoms with Gasteiger partial charge in [-0.05, 0) is 29.9 Å². The highest BCUT2D eigenvalue weighted by molar-refractivity contribution is 5.53. The second kappa shape index (κ2) is 7.19. The third kappa shape index (κ3) is 3.49. The van der Waals surface area contributed by atoms with Crippen molar-refractivity contribution in [3.05, 3.63) is 71.6 Å². The van der Waals surface area contributed by atoms with Crippen LogP contribution in [0.25, 0.3) is 11.4 Å². The summed E-state index contributed by atoms with van der Waals surface area (Å²) < 4.78 is 5.58. The van der Waals surface area contributed by atoms with Crippen LogP contribution in [0.2, 0.25) is 0 Å². The largest absolute Gasteiger partial charge is 0.339 e. The minimum Gasteiger partial charge on any atom is -0.339 e. The molecule has 1 N–H and O–H groups in total. The molecule has 2 atom stereocenters. The molecule has 2 aromatic carbocycles. The molecule has 4 rings (SSSR count). The van der Waals surface area contributed by atoms with Gasteiger partial charge in [0.2, 0.25) is 11.7 Å². The lowest BCUT2D eigenvalue weighted by molar-refractivity contribution is 0.308. The second-order valence-corrected chi connectivity index (χ2v) is 6.71. The Balaban J connectivity index is 1.50. The first-order chi connectivity index (χ1) is 12.3. The van der Waals surface area contributed by atoms with E-state index in [9.17, 15) is 0 Å². The molecule has 0 amide bonds. The molecule has 1 saturated heterocycles. The van der Waals surface area contributed by atoms with E-state index < -0.39 is 0 Å². The van der Waals surface area contributed by atoms with Gasteiger partial charge in [0.05, 0.1) is 5.92 Å². The third-order valence-corrected chi connectivity index (χ3v) is 5.03. The number of aryl methyl sites for hydroxylation is 1. The molecule has 2 heterocycles. The summed E-state index contributed by atoms with van der Waals surface area (Å²) in [5, 5.41) is 7.70. The third-order valence-electron chi connectivity index (χ3n) is 5.03. The molecule has 0 spiro atoms. The number of nitrogens with one attached hydrogen (secondary N) is 1. The van der Waals surface area contributed by atoms with Gasteiger partial charge in [-0.25, -0.2) is 0 Å². The van der Waals surface area contributed by atoms with Crippen molar-refractivity contribution in [2.75, 3.05) is 13.1 Å². The van der Waals surface area contributed by atoms with Crippen LogP contribution < -0.4 is 5.32 Å². The molecule has 0 aliphatic carbocycles. The first-order valence-corrected chi connectivity index (χ1v) is 9.02. The van der Waals surface area contributed by atoms with Gasteiger partial charge in [-0.1, -0.05) is 66.7 Å². The van der Waals surface area contributed by atoms with Gasteiger partial charge >= 0.3 is 0 Å². The number of rotatable bonds is 4. The molecule has 0 bridgehead atoms. The molecule has 3 aromatic rings. The first-order valence-electron chi connectivity index (χ1n) is 9.02. The molecule has 0 radical (unpaired) electrons. The fourth-order valence-electron chi connectivity index (χ4n) is 3.51. The number of aromatic nitrogens is 2. The van der Waals surface area contributed by atoms with Crippen molar-refractivity contribution in [3.8, 4) is 11.4 Å². The number of nitrogens with zero attached hydrogens (tertiary/aromatic N) is 2. The summed E-state index contributed by atoms with van der Waals surface area (Å²) in [4.78, 5) is 4.64. The maximum Gasteiger partial charge on any atom is 0.231 e. The lowest BCUT2D eigenvalue weighted by Crippen LogP contribution is -2.34. The highest BCUT2D eigenvalue weighted by Gasteiger charge is 2.28. The smallest absolute Gasteiger partial charge is 0.231 e. The van der Waals surface area contributed by atoms with Crippen LogP contribution in [0.5, 0.6) is 0 Å². The lowest BCUT2D eigenvalue weighted by atomic mass is 9.85. The Morgan fingerprint density at radius 3 is 2.52 bits per heavy atom. The van der Waals surface area contributed by atoms with Crippen LogP contribution in [-0.2, 0) is 6.42 Å². The zero-order valence-electron chi connectivity index (χ0n) is 14.5. The molecule has 4 heteroatoms. The van der Waals surface area contributed by atoms with E-state index >= 15 is 0 Å². The summed E-state index contributed by atoms with van der Waals surface area (Å²) in [7, 11) is 0. The summed E-state index contributed by atoms with van der Waals surface area (Å²) in [5.74, 6) is 2.15. The maximum absolute atomic E-state index is 5.58. The van der Waals surface area contributed by atoms with Crippen molar-refractivity contribution < 1.29 is 4.52 Å². The highest BCUT2D eigenvalue weighted by atomic mass is 16.5. The van der Waals surface area contributed by atoms with Crippen LogP contribution in [0.4, 0.5) is 0 Å². The standard InChI is InChI=1S/C21H23N3O/c1-2-15-8-10-16(11-9-15)18-12-19(14-22-13-18)21-23-20(24-25-21)17-6-4-3-5-7-17/h3-11,18-19,22H,2,12-14H2,1H3. The van der Waals surface area contributed by atoms with E-state index in [1.54, 1.807) is 0 Å². The van der Waals surface area contributed by atoms with Gasteiger partial charge in [0.25, 0.3) is 0 Å². The summed E-state index contributed by atoms with van der Waals surface area (Å²) >= 11 is 0. The molecule has 2 unspecified atom stereocenters. The minimum atomic E-state index is 0.259. The number of benzene rings is 2. The first kappa shape index (κ1) is 16.0. The van der Waals surface area contributed by atoms with Gasteiger partial charge in [0.1, 0.15) is 0 Å². The second-order valence-electron chi connectivity index (χ2n) is 6.71. The van der Waals surface area contributed by atoms with Crippen LogP contribution in [0.15, 0.2) is 59.1 Å². The maximum atomic E-state index is 5.58. The van der Waals surface area contributed by atoms with Crippen LogP contribution in [0.3, 0.4) is 0 Å². The zero-order chi connectivity index (χ0) is 17.1. The van der Waals surface area contributed by atoms with Crippen LogP contribution >= 0.6 is 0 Å². The summed E-state index contributed by atoms with van der Waals surface area (Å²) in [6, 6.07) is 19.0. The molecule has 128 valence electrons. The summed E-state index contributed by atoms with van der Waals surface area (Å²) in [6.45, 7) is 4.08. The van der Waals surface area contributed by atoms with Gasteiger partial charge in [-0.2, -0.15) is 4.98 Å². The van der Waals surface area contributed by atoms with E-state index in [4.69, 9.17) is 4.52 Å². The predicted molar refractivity (Wildman–Crippen MR) is 98.5 cm³/mol. The molecule has 4 nitrogen and oxygen atoms in total. The Morgan fingerprint density at radius 1 is 1.00 bits per heavy atom. The normalized spacial score (nSPS) is 20.5. The average molecular weight is 333 g/mol. The Hall–Kier alpha value is -2.46. The van der Waals surface area contributed by atoms with E-state index in [-0.39, 0.29) is 5.92 Å². The fraction of sp³-hybridized carbons (Fsp3) is 0.333. The molecular formula is C21H23N3O. The molecule has 1 aliphatic rings. The van der Waals surface area contributed by atoms with Gasteiger partial charge in [-0.15, -0.1) is 0 Å². The Kier molecular flexibility index (Phi) is 4.61.